The highest BCUT2D eigenvalue weighted by Gasteiger charge is 2.51. The Morgan fingerprint density at radius 2 is 1.83 bits per heavy atom. The molecule has 0 spiro atoms. The van der Waals surface area contributed by atoms with Gasteiger partial charge in [0.2, 0.25) is 0 Å². The van der Waals surface area contributed by atoms with Gasteiger partial charge in [0.25, 0.3) is 0 Å². The van der Waals surface area contributed by atoms with Gasteiger partial charge in [0.1, 0.15) is 0 Å². The van der Waals surface area contributed by atoms with Crippen molar-refractivity contribution < 1.29 is 0 Å². The second kappa shape index (κ2) is 4.64. The fourth-order valence-electron chi connectivity index (χ4n) is 4.18. The van der Waals surface area contributed by atoms with Gasteiger partial charge < -0.3 is 4.90 Å². The molecule has 1 saturated heterocycles. The maximum Gasteiger partial charge on any atom is 0.0196 e. The number of rotatable bonds is 3. The van der Waals surface area contributed by atoms with Crippen LogP contribution >= 0.6 is 0 Å². The Bertz CT molecular complexity index is 337. The van der Waals surface area contributed by atoms with Gasteiger partial charge in [-0.1, -0.05) is 32.4 Å². The van der Waals surface area contributed by atoms with Crippen LogP contribution in [0.2, 0.25) is 0 Å². The summed E-state index contributed by atoms with van der Waals surface area (Å²) in [6.07, 6.45) is 5.37. The Kier molecular flexibility index (Phi) is 3.27. The highest BCUT2D eigenvalue weighted by molar-refractivity contribution is 5.24. The maximum absolute atomic E-state index is 2.67. The van der Waals surface area contributed by atoms with Gasteiger partial charge >= 0.3 is 0 Å². The Hall–Kier alpha value is -0.340. The van der Waals surface area contributed by atoms with Gasteiger partial charge in [-0.3, -0.25) is 4.90 Å². The molecule has 102 valence electrons. The Morgan fingerprint density at radius 1 is 1.17 bits per heavy atom. The van der Waals surface area contributed by atoms with Gasteiger partial charge in [0, 0.05) is 32.7 Å². The molecule has 1 saturated carbocycles. The van der Waals surface area contributed by atoms with Crippen molar-refractivity contribution in [2.75, 3.05) is 39.3 Å². The quantitative estimate of drug-likeness (QED) is 0.708. The number of fused-ring (bicyclic) bond motifs is 1. The van der Waals surface area contributed by atoms with E-state index in [9.17, 15) is 0 Å². The average Bonchev–Trinajstić information content (AvgIpc) is 2.39. The number of nitrogens with zero attached hydrogens (tertiary/aromatic N) is 2. The van der Waals surface area contributed by atoms with E-state index in [2.05, 4.69) is 36.6 Å². The third-order valence-corrected chi connectivity index (χ3v) is 5.90. The van der Waals surface area contributed by atoms with Gasteiger partial charge in [0.05, 0.1) is 0 Å². The summed E-state index contributed by atoms with van der Waals surface area (Å²) >= 11 is 0. The van der Waals surface area contributed by atoms with Crippen molar-refractivity contribution in [1.82, 2.24) is 9.80 Å². The highest BCUT2D eigenvalue weighted by atomic mass is 15.3. The lowest BCUT2D eigenvalue weighted by molar-refractivity contribution is -0.0120. The maximum atomic E-state index is 2.67. The van der Waals surface area contributed by atoms with E-state index in [1.54, 1.807) is 5.57 Å². The van der Waals surface area contributed by atoms with Crippen LogP contribution in [0.3, 0.4) is 0 Å². The molecule has 0 amide bonds. The molecule has 0 unspecified atom stereocenters. The SMILES string of the molecule is CCN1CCN(CC2=CC[C@H]3C[C@H]2C3(C)C)CC1. The first-order valence-electron chi connectivity index (χ1n) is 7.75. The number of piperazine rings is 1. The predicted octanol–water partition coefficient (Wildman–Crippen LogP) is 2.62. The molecule has 0 N–H and O–H groups in total. The fraction of sp³-hybridized carbons (Fsp3) is 0.875. The Labute approximate surface area is 112 Å². The summed E-state index contributed by atoms with van der Waals surface area (Å²) in [6, 6.07) is 0. The molecule has 0 radical (unpaired) electrons. The summed E-state index contributed by atoms with van der Waals surface area (Å²) in [5.74, 6) is 1.86. The number of allylic oxidation sites excluding steroid dienone is 1. The van der Waals surface area contributed by atoms with E-state index in [0.29, 0.717) is 5.41 Å². The van der Waals surface area contributed by atoms with Gasteiger partial charge in [-0.15, -0.1) is 0 Å². The molecular formula is C16H28N2. The van der Waals surface area contributed by atoms with Crippen LogP contribution in [0.1, 0.15) is 33.6 Å². The second-order valence-corrected chi connectivity index (χ2v) is 7.03. The van der Waals surface area contributed by atoms with Gasteiger partial charge in [-0.05, 0) is 36.6 Å². The zero-order valence-corrected chi connectivity index (χ0v) is 12.3. The monoisotopic (exact) mass is 248 g/mol. The Morgan fingerprint density at radius 3 is 2.39 bits per heavy atom. The average molecular weight is 248 g/mol. The first-order valence-corrected chi connectivity index (χ1v) is 7.75. The number of hydrogen-bond acceptors (Lipinski definition) is 2. The lowest BCUT2D eigenvalue weighted by Crippen LogP contribution is -2.52. The second-order valence-electron chi connectivity index (χ2n) is 7.03. The lowest BCUT2D eigenvalue weighted by atomic mass is 9.49. The molecule has 3 aliphatic carbocycles. The van der Waals surface area contributed by atoms with Crippen LogP contribution in [0.15, 0.2) is 11.6 Å². The van der Waals surface area contributed by atoms with E-state index in [-0.39, 0.29) is 0 Å². The first kappa shape index (κ1) is 12.7. The van der Waals surface area contributed by atoms with E-state index in [1.807, 2.05) is 0 Å². The van der Waals surface area contributed by atoms with Crippen LogP contribution in [0.4, 0.5) is 0 Å². The van der Waals surface area contributed by atoms with Crippen molar-refractivity contribution in [3.05, 3.63) is 11.6 Å². The zero-order valence-electron chi connectivity index (χ0n) is 12.3. The molecule has 1 aliphatic heterocycles. The summed E-state index contributed by atoms with van der Waals surface area (Å²) in [4.78, 5) is 5.24. The van der Waals surface area contributed by atoms with Crippen LogP contribution in [-0.4, -0.2) is 49.1 Å². The molecule has 2 heteroatoms. The smallest absolute Gasteiger partial charge is 0.0196 e. The Balaban J connectivity index is 1.56. The molecule has 18 heavy (non-hydrogen) atoms. The first-order chi connectivity index (χ1) is 8.61. The minimum Gasteiger partial charge on any atom is -0.301 e. The predicted molar refractivity (Wildman–Crippen MR) is 76.6 cm³/mol. The molecule has 0 aromatic rings. The van der Waals surface area contributed by atoms with Gasteiger partial charge in [-0.25, -0.2) is 0 Å². The van der Waals surface area contributed by atoms with E-state index in [4.69, 9.17) is 0 Å². The van der Waals surface area contributed by atoms with Gasteiger partial charge in [-0.2, -0.15) is 0 Å². The third-order valence-electron chi connectivity index (χ3n) is 5.90. The van der Waals surface area contributed by atoms with Crippen molar-refractivity contribution in [3.63, 3.8) is 0 Å². The van der Waals surface area contributed by atoms with Crippen LogP contribution in [-0.2, 0) is 0 Å². The molecule has 4 rings (SSSR count). The van der Waals surface area contributed by atoms with Gasteiger partial charge in [0.15, 0.2) is 0 Å². The molecular weight excluding hydrogens is 220 g/mol. The molecule has 2 fully saturated rings. The standard InChI is InChI=1S/C16H28N2/c1-4-17-7-9-18(10-8-17)12-13-5-6-14-11-15(13)16(14,2)3/h5,14-15H,4,6-12H2,1-3H3/t14-,15+/m0/s1. The summed E-state index contributed by atoms with van der Waals surface area (Å²) in [5, 5.41) is 0. The summed E-state index contributed by atoms with van der Waals surface area (Å²) in [7, 11) is 0. The molecule has 2 nitrogen and oxygen atoms in total. The topological polar surface area (TPSA) is 6.48 Å². The minimum absolute atomic E-state index is 0.593. The van der Waals surface area contributed by atoms with Crippen LogP contribution < -0.4 is 0 Å². The largest absolute Gasteiger partial charge is 0.301 e. The summed E-state index contributed by atoms with van der Waals surface area (Å²) in [5.41, 5.74) is 2.35. The van der Waals surface area contributed by atoms with Crippen molar-refractivity contribution in [2.24, 2.45) is 17.3 Å². The lowest BCUT2D eigenvalue weighted by Gasteiger charge is -2.57. The molecule has 0 aromatic heterocycles. The van der Waals surface area contributed by atoms with E-state index in [0.717, 1.165) is 11.8 Å². The van der Waals surface area contributed by atoms with E-state index < -0.39 is 0 Å². The van der Waals surface area contributed by atoms with Crippen molar-refractivity contribution >= 4 is 0 Å². The van der Waals surface area contributed by atoms with Crippen LogP contribution in [0.5, 0.6) is 0 Å². The third kappa shape index (κ3) is 2.04. The number of likely N-dealkylation sites (N-methyl/N-ethyl adjacent to an activating group) is 1. The van der Waals surface area contributed by atoms with Crippen molar-refractivity contribution in [2.45, 2.75) is 33.6 Å². The van der Waals surface area contributed by atoms with Crippen LogP contribution in [0, 0.1) is 17.3 Å². The van der Waals surface area contributed by atoms with Crippen molar-refractivity contribution in [1.29, 1.82) is 0 Å². The summed E-state index contributed by atoms with van der Waals surface area (Å²) < 4.78 is 0. The number of hydrogen-bond donors (Lipinski definition) is 0. The minimum atomic E-state index is 0.593. The highest BCUT2D eigenvalue weighted by Crippen LogP contribution is 2.59. The van der Waals surface area contributed by atoms with Crippen LogP contribution in [0.25, 0.3) is 0 Å². The van der Waals surface area contributed by atoms with Crippen molar-refractivity contribution in [3.8, 4) is 0 Å². The normalized spacial score (nSPS) is 36.1. The van der Waals surface area contributed by atoms with E-state index in [1.165, 1.54) is 52.1 Å². The fourth-order valence-corrected chi connectivity index (χ4v) is 4.18. The summed E-state index contributed by atoms with van der Waals surface area (Å²) in [6.45, 7) is 14.8. The molecule has 2 atom stereocenters. The zero-order chi connectivity index (χ0) is 12.8. The molecule has 1 heterocycles. The molecule has 4 aliphatic rings. The van der Waals surface area contributed by atoms with E-state index >= 15 is 0 Å². The molecule has 2 bridgehead atoms. The molecule has 0 aromatic carbocycles.